The van der Waals surface area contributed by atoms with Crippen molar-refractivity contribution in [1.82, 2.24) is 9.88 Å². The third kappa shape index (κ3) is 4.04. The molecule has 0 aliphatic carbocycles. The number of aromatic nitrogens is 1. The van der Waals surface area contributed by atoms with Crippen LogP contribution in [-0.2, 0) is 6.54 Å². The predicted octanol–water partition coefficient (Wildman–Crippen LogP) is 3.29. The van der Waals surface area contributed by atoms with Crippen molar-refractivity contribution in [3.8, 4) is 0 Å². The zero-order valence-corrected chi connectivity index (χ0v) is 12.3. The monoisotopic (exact) mass is 290 g/mol. The second-order valence-electron chi connectivity index (χ2n) is 4.69. The molecule has 1 N–H and O–H groups in total. The first-order valence-corrected chi connectivity index (χ1v) is 7.13. The maximum atomic E-state index is 10.3. The van der Waals surface area contributed by atoms with Gasteiger partial charge in [0.1, 0.15) is 0 Å². The zero-order valence-electron chi connectivity index (χ0n) is 11.5. The highest BCUT2D eigenvalue weighted by atomic mass is 35.5. The Hall–Kier alpha value is -1.42. The molecule has 0 saturated heterocycles. The van der Waals surface area contributed by atoms with Gasteiger partial charge in [0.25, 0.3) is 0 Å². The largest absolute Gasteiger partial charge is 0.387 e. The minimum atomic E-state index is -0.590. The molecule has 1 atom stereocenters. The number of halogens is 1. The lowest BCUT2D eigenvalue weighted by atomic mass is 10.1. The lowest BCUT2D eigenvalue weighted by Crippen LogP contribution is -2.28. The lowest BCUT2D eigenvalue weighted by Gasteiger charge is -2.23. The summed E-state index contributed by atoms with van der Waals surface area (Å²) in [5, 5.41) is 10.9. The van der Waals surface area contributed by atoms with Gasteiger partial charge in [0.2, 0.25) is 0 Å². The van der Waals surface area contributed by atoms with E-state index in [0.717, 1.165) is 24.3 Å². The van der Waals surface area contributed by atoms with Crippen LogP contribution in [0.3, 0.4) is 0 Å². The molecule has 0 bridgehead atoms. The van der Waals surface area contributed by atoms with Crippen molar-refractivity contribution in [2.45, 2.75) is 19.6 Å². The molecule has 4 heteroatoms. The summed E-state index contributed by atoms with van der Waals surface area (Å²) in [5.41, 5.74) is 1.77. The number of rotatable bonds is 6. The number of likely N-dealkylation sites (N-methyl/N-ethyl adjacent to an activating group) is 1. The molecule has 0 spiro atoms. The number of aliphatic hydroxyl groups is 1. The maximum Gasteiger partial charge on any atom is 0.0931 e. The number of aliphatic hydroxyl groups excluding tert-OH is 1. The van der Waals surface area contributed by atoms with Crippen molar-refractivity contribution in [2.24, 2.45) is 0 Å². The van der Waals surface area contributed by atoms with Gasteiger partial charge < -0.3 is 5.11 Å². The molecule has 0 aliphatic rings. The zero-order chi connectivity index (χ0) is 14.4. The molecular formula is C16H19ClN2O. The van der Waals surface area contributed by atoms with E-state index >= 15 is 0 Å². The van der Waals surface area contributed by atoms with Crippen molar-refractivity contribution in [3.63, 3.8) is 0 Å². The normalized spacial score (nSPS) is 12.6. The van der Waals surface area contributed by atoms with E-state index in [1.54, 1.807) is 12.3 Å². The van der Waals surface area contributed by atoms with E-state index in [1.807, 2.05) is 36.4 Å². The molecule has 2 rings (SSSR count). The minimum Gasteiger partial charge on any atom is -0.387 e. The van der Waals surface area contributed by atoms with Gasteiger partial charge in [-0.3, -0.25) is 9.88 Å². The van der Waals surface area contributed by atoms with E-state index in [1.165, 1.54) is 0 Å². The van der Waals surface area contributed by atoms with Gasteiger partial charge >= 0.3 is 0 Å². The number of pyridine rings is 1. The van der Waals surface area contributed by atoms with Crippen LogP contribution in [0.1, 0.15) is 24.3 Å². The van der Waals surface area contributed by atoms with Crippen LogP contribution in [0.25, 0.3) is 0 Å². The average molecular weight is 291 g/mol. The summed E-state index contributed by atoms with van der Waals surface area (Å²) < 4.78 is 0. The maximum absolute atomic E-state index is 10.3. The van der Waals surface area contributed by atoms with Crippen LogP contribution in [0.15, 0.2) is 48.7 Å². The Balaban J connectivity index is 2.01. The van der Waals surface area contributed by atoms with E-state index in [2.05, 4.69) is 16.8 Å². The first kappa shape index (κ1) is 15.0. The molecule has 0 amide bonds. The Bertz CT molecular complexity index is 533. The Morgan fingerprint density at radius 3 is 2.60 bits per heavy atom. The molecule has 3 nitrogen and oxygen atoms in total. The van der Waals surface area contributed by atoms with Gasteiger partial charge in [-0.15, -0.1) is 0 Å². The van der Waals surface area contributed by atoms with E-state index in [0.29, 0.717) is 11.6 Å². The fourth-order valence-corrected chi connectivity index (χ4v) is 2.38. The Labute approximate surface area is 124 Å². The van der Waals surface area contributed by atoms with Crippen LogP contribution >= 0.6 is 11.6 Å². The van der Waals surface area contributed by atoms with Crippen molar-refractivity contribution in [2.75, 3.05) is 13.1 Å². The second kappa shape index (κ2) is 7.39. The van der Waals surface area contributed by atoms with Gasteiger partial charge in [0.05, 0.1) is 11.8 Å². The highest BCUT2D eigenvalue weighted by Gasteiger charge is 2.15. The molecule has 1 aromatic carbocycles. The fraction of sp³-hybridized carbons (Fsp3) is 0.312. The minimum absolute atomic E-state index is 0.538. The van der Waals surface area contributed by atoms with Crippen LogP contribution in [0.5, 0.6) is 0 Å². The topological polar surface area (TPSA) is 36.4 Å². The smallest absolute Gasteiger partial charge is 0.0931 e. The Kier molecular flexibility index (Phi) is 5.53. The van der Waals surface area contributed by atoms with Crippen molar-refractivity contribution in [3.05, 3.63) is 64.9 Å². The molecule has 0 radical (unpaired) electrons. The van der Waals surface area contributed by atoms with Gasteiger partial charge in [-0.25, -0.2) is 0 Å². The summed E-state index contributed by atoms with van der Waals surface area (Å²) in [4.78, 5) is 6.46. The van der Waals surface area contributed by atoms with Gasteiger partial charge in [0, 0.05) is 29.9 Å². The SMILES string of the molecule is CCN(Cc1ccccn1)CC(O)c1ccccc1Cl. The van der Waals surface area contributed by atoms with Crippen LogP contribution in [0.2, 0.25) is 5.02 Å². The molecule has 20 heavy (non-hydrogen) atoms. The summed E-state index contributed by atoms with van der Waals surface area (Å²) in [6, 6.07) is 13.3. The number of hydrogen-bond acceptors (Lipinski definition) is 3. The quantitative estimate of drug-likeness (QED) is 0.887. The van der Waals surface area contributed by atoms with Crippen LogP contribution in [0.4, 0.5) is 0 Å². The van der Waals surface area contributed by atoms with E-state index in [4.69, 9.17) is 11.6 Å². The average Bonchev–Trinajstić information content (AvgIpc) is 2.48. The van der Waals surface area contributed by atoms with Crippen LogP contribution < -0.4 is 0 Å². The molecule has 1 aromatic heterocycles. The second-order valence-corrected chi connectivity index (χ2v) is 5.09. The predicted molar refractivity (Wildman–Crippen MR) is 81.6 cm³/mol. The molecule has 2 aromatic rings. The van der Waals surface area contributed by atoms with E-state index < -0.39 is 6.10 Å². The molecule has 1 unspecified atom stereocenters. The third-order valence-electron chi connectivity index (χ3n) is 3.25. The van der Waals surface area contributed by atoms with Crippen molar-refractivity contribution < 1.29 is 5.11 Å². The number of nitrogens with zero attached hydrogens (tertiary/aromatic N) is 2. The summed E-state index contributed by atoms with van der Waals surface area (Å²) in [6.45, 7) is 4.18. The lowest BCUT2D eigenvalue weighted by molar-refractivity contribution is 0.111. The number of hydrogen-bond donors (Lipinski definition) is 1. The fourth-order valence-electron chi connectivity index (χ4n) is 2.11. The molecule has 0 fully saturated rings. The van der Waals surface area contributed by atoms with Gasteiger partial charge in [-0.05, 0) is 24.7 Å². The van der Waals surface area contributed by atoms with Crippen molar-refractivity contribution in [1.29, 1.82) is 0 Å². The third-order valence-corrected chi connectivity index (χ3v) is 3.60. The first-order valence-electron chi connectivity index (χ1n) is 6.75. The van der Waals surface area contributed by atoms with Crippen LogP contribution in [0, 0.1) is 0 Å². The van der Waals surface area contributed by atoms with Crippen molar-refractivity contribution >= 4 is 11.6 Å². The Morgan fingerprint density at radius 1 is 1.20 bits per heavy atom. The molecule has 1 heterocycles. The summed E-state index contributed by atoms with van der Waals surface area (Å²) in [7, 11) is 0. The summed E-state index contributed by atoms with van der Waals surface area (Å²) in [5.74, 6) is 0. The number of benzene rings is 1. The standard InChI is InChI=1S/C16H19ClN2O/c1-2-19(11-13-7-5-6-10-18-13)12-16(20)14-8-3-4-9-15(14)17/h3-10,16,20H,2,11-12H2,1H3. The Morgan fingerprint density at radius 2 is 1.95 bits per heavy atom. The summed E-state index contributed by atoms with van der Waals surface area (Å²) in [6.07, 6.45) is 1.19. The van der Waals surface area contributed by atoms with Gasteiger partial charge in [-0.1, -0.05) is 42.8 Å². The highest BCUT2D eigenvalue weighted by Crippen LogP contribution is 2.23. The summed E-state index contributed by atoms with van der Waals surface area (Å²) >= 11 is 6.12. The van der Waals surface area contributed by atoms with Gasteiger partial charge in [-0.2, -0.15) is 0 Å². The van der Waals surface area contributed by atoms with Crippen LogP contribution in [-0.4, -0.2) is 28.1 Å². The molecular weight excluding hydrogens is 272 g/mol. The van der Waals surface area contributed by atoms with E-state index in [9.17, 15) is 5.11 Å². The van der Waals surface area contributed by atoms with Gasteiger partial charge in [0.15, 0.2) is 0 Å². The molecule has 0 saturated carbocycles. The molecule has 106 valence electrons. The first-order chi connectivity index (χ1) is 9.70. The van der Waals surface area contributed by atoms with E-state index in [-0.39, 0.29) is 0 Å². The molecule has 0 aliphatic heterocycles. The highest BCUT2D eigenvalue weighted by molar-refractivity contribution is 6.31.